The Kier molecular flexibility index (Phi) is 6.87. The second-order valence-electron chi connectivity index (χ2n) is 6.12. The SMILES string of the molecule is COC1=CCN(S(=O)(=O)Nc2ccc(F)c(F)c2Nc2ccc(I)cc2Cl)CC1. The highest BCUT2D eigenvalue weighted by molar-refractivity contribution is 14.1. The number of benzene rings is 2. The zero-order chi connectivity index (χ0) is 21.2. The molecule has 2 N–H and O–H groups in total. The lowest BCUT2D eigenvalue weighted by Gasteiger charge is -2.26. The Hall–Kier alpha value is -1.63. The van der Waals surface area contributed by atoms with Crippen LogP contribution in [0.1, 0.15) is 6.42 Å². The third-order valence-corrected chi connectivity index (χ3v) is 6.73. The average Bonchev–Trinajstić information content (AvgIpc) is 2.69. The van der Waals surface area contributed by atoms with Gasteiger partial charge in [0.25, 0.3) is 0 Å². The van der Waals surface area contributed by atoms with Gasteiger partial charge in [0.05, 0.1) is 29.3 Å². The minimum Gasteiger partial charge on any atom is -0.501 e. The molecule has 1 heterocycles. The molecule has 0 fully saturated rings. The number of hydrogen-bond donors (Lipinski definition) is 2. The maximum absolute atomic E-state index is 14.5. The van der Waals surface area contributed by atoms with Crippen LogP contribution in [0.3, 0.4) is 0 Å². The summed E-state index contributed by atoms with van der Waals surface area (Å²) < 4.78 is 63.3. The summed E-state index contributed by atoms with van der Waals surface area (Å²) >= 11 is 8.22. The van der Waals surface area contributed by atoms with Crippen molar-refractivity contribution in [2.75, 3.05) is 30.2 Å². The number of ether oxygens (including phenoxy) is 1. The van der Waals surface area contributed by atoms with Crippen LogP contribution in [0.5, 0.6) is 0 Å². The lowest BCUT2D eigenvalue weighted by atomic mass is 10.2. The van der Waals surface area contributed by atoms with E-state index in [1.807, 2.05) is 0 Å². The van der Waals surface area contributed by atoms with Crippen LogP contribution in [-0.4, -0.2) is 32.9 Å². The van der Waals surface area contributed by atoms with Gasteiger partial charge in [-0.2, -0.15) is 12.7 Å². The van der Waals surface area contributed by atoms with Gasteiger partial charge in [-0.05, 0) is 59.0 Å². The summed E-state index contributed by atoms with van der Waals surface area (Å²) in [7, 11) is -2.49. The molecule has 0 aromatic heterocycles. The number of hydrogen-bond acceptors (Lipinski definition) is 4. The van der Waals surface area contributed by atoms with Crippen molar-refractivity contribution in [1.82, 2.24) is 4.31 Å². The van der Waals surface area contributed by atoms with Crippen molar-refractivity contribution in [2.24, 2.45) is 0 Å². The monoisotopic (exact) mass is 555 g/mol. The highest BCUT2D eigenvalue weighted by Crippen LogP contribution is 2.34. The third-order valence-electron chi connectivity index (χ3n) is 4.26. The molecule has 0 unspecified atom stereocenters. The van der Waals surface area contributed by atoms with Crippen LogP contribution in [0.2, 0.25) is 5.02 Å². The Morgan fingerprint density at radius 3 is 2.55 bits per heavy atom. The van der Waals surface area contributed by atoms with Crippen LogP contribution in [0.15, 0.2) is 42.2 Å². The molecule has 0 atom stereocenters. The van der Waals surface area contributed by atoms with Gasteiger partial charge < -0.3 is 10.1 Å². The van der Waals surface area contributed by atoms with Gasteiger partial charge in [-0.15, -0.1) is 0 Å². The molecule has 0 bridgehead atoms. The number of methoxy groups -OCH3 is 1. The first kappa shape index (κ1) is 22.1. The quantitative estimate of drug-likeness (QED) is 0.500. The molecule has 0 spiro atoms. The Labute approximate surface area is 186 Å². The van der Waals surface area contributed by atoms with Crippen molar-refractivity contribution < 1.29 is 21.9 Å². The maximum Gasteiger partial charge on any atom is 0.302 e. The van der Waals surface area contributed by atoms with Crippen LogP contribution >= 0.6 is 34.2 Å². The number of nitrogens with zero attached hydrogens (tertiary/aromatic N) is 1. The second kappa shape index (κ2) is 9.02. The van der Waals surface area contributed by atoms with E-state index in [4.69, 9.17) is 16.3 Å². The number of rotatable bonds is 6. The van der Waals surface area contributed by atoms with Crippen molar-refractivity contribution in [3.63, 3.8) is 0 Å². The summed E-state index contributed by atoms with van der Waals surface area (Å²) in [4.78, 5) is 0. The second-order valence-corrected chi connectivity index (χ2v) is 9.45. The van der Waals surface area contributed by atoms with Crippen LogP contribution in [0.25, 0.3) is 0 Å². The zero-order valence-electron chi connectivity index (χ0n) is 15.2. The normalized spacial score (nSPS) is 15.0. The Balaban J connectivity index is 1.92. The molecule has 6 nitrogen and oxygen atoms in total. The number of nitrogens with one attached hydrogen (secondary N) is 2. The van der Waals surface area contributed by atoms with Crippen LogP contribution in [0, 0.1) is 15.2 Å². The fourth-order valence-corrected chi connectivity index (χ4v) is 4.81. The predicted octanol–water partition coefficient (Wildman–Crippen LogP) is 4.86. The van der Waals surface area contributed by atoms with E-state index < -0.39 is 21.8 Å². The molecule has 3 rings (SSSR count). The zero-order valence-corrected chi connectivity index (χ0v) is 18.9. The van der Waals surface area contributed by atoms with Gasteiger partial charge in [-0.3, -0.25) is 4.72 Å². The molecule has 2 aromatic rings. The van der Waals surface area contributed by atoms with Gasteiger partial charge in [-0.1, -0.05) is 11.6 Å². The van der Waals surface area contributed by atoms with Crippen LogP contribution in [0.4, 0.5) is 25.8 Å². The molecule has 0 radical (unpaired) electrons. The number of halogens is 4. The van der Waals surface area contributed by atoms with Crippen molar-refractivity contribution in [2.45, 2.75) is 6.42 Å². The third kappa shape index (κ3) is 5.11. The molecule has 0 aliphatic carbocycles. The number of anilines is 3. The van der Waals surface area contributed by atoms with E-state index >= 15 is 0 Å². The lowest BCUT2D eigenvalue weighted by molar-refractivity contribution is 0.254. The summed E-state index contributed by atoms with van der Waals surface area (Å²) in [5.41, 5.74) is -0.190. The smallest absolute Gasteiger partial charge is 0.302 e. The fourth-order valence-electron chi connectivity index (χ4n) is 2.72. The fraction of sp³-hybridized carbons (Fsp3) is 0.222. The molecule has 0 amide bonds. The van der Waals surface area contributed by atoms with Crippen molar-refractivity contribution in [3.05, 3.63) is 62.4 Å². The summed E-state index contributed by atoms with van der Waals surface area (Å²) in [5, 5.41) is 2.97. The van der Waals surface area contributed by atoms with Gasteiger partial charge in [0, 0.05) is 23.1 Å². The highest BCUT2D eigenvalue weighted by atomic mass is 127. The van der Waals surface area contributed by atoms with E-state index in [1.54, 1.807) is 24.3 Å². The first-order valence-corrected chi connectivity index (χ1v) is 11.3. The molecular weight excluding hydrogens is 539 g/mol. The lowest BCUT2D eigenvalue weighted by Crippen LogP contribution is -2.39. The van der Waals surface area contributed by atoms with Gasteiger partial charge in [0.15, 0.2) is 11.6 Å². The summed E-state index contributed by atoms with van der Waals surface area (Å²) in [6, 6.07) is 6.96. The van der Waals surface area contributed by atoms with Crippen molar-refractivity contribution >= 4 is 61.5 Å². The molecule has 1 aliphatic rings. The Morgan fingerprint density at radius 2 is 1.93 bits per heavy atom. The topological polar surface area (TPSA) is 70.7 Å². The summed E-state index contributed by atoms with van der Waals surface area (Å²) in [5.74, 6) is -1.65. The van der Waals surface area contributed by atoms with E-state index in [0.717, 1.165) is 15.7 Å². The molecule has 1 aliphatic heterocycles. The molecule has 29 heavy (non-hydrogen) atoms. The first-order chi connectivity index (χ1) is 13.7. The molecule has 0 saturated heterocycles. The molecule has 2 aromatic carbocycles. The van der Waals surface area contributed by atoms with Crippen molar-refractivity contribution in [3.8, 4) is 0 Å². The van der Waals surface area contributed by atoms with Crippen LogP contribution in [-0.2, 0) is 14.9 Å². The molecule has 11 heteroatoms. The maximum atomic E-state index is 14.5. The Morgan fingerprint density at radius 1 is 1.21 bits per heavy atom. The minimum absolute atomic E-state index is 0.105. The molecule has 156 valence electrons. The van der Waals surface area contributed by atoms with E-state index in [9.17, 15) is 17.2 Å². The van der Waals surface area contributed by atoms with E-state index in [-0.39, 0.29) is 29.5 Å². The van der Waals surface area contributed by atoms with Gasteiger partial charge in [0.2, 0.25) is 0 Å². The first-order valence-electron chi connectivity index (χ1n) is 8.42. The van der Waals surface area contributed by atoms with E-state index in [0.29, 0.717) is 17.9 Å². The standard InChI is InChI=1S/C18H17ClF2IN3O3S/c1-28-12-6-8-25(9-7-12)29(26,27)24-16-5-3-14(20)17(21)18(16)23-15-4-2-11(22)10-13(15)19/h2-6,10,23-24H,7-9H2,1H3. The highest BCUT2D eigenvalue weighted by Gasteiger charge is 2.26. The van der Waals surface area contributed by atoms with E-state index in [2.05, 4.69) is 32.6 Å². The predicted molar refractivity (Wildman–Crippen MR) is 118 cm³/mol. The van der Waals surface area contributed by atoms with E-state index in [1.165, 1.54) is 11.4 Å². The van der Waals surface area contributed by atoms with Crippen LogP contribution < -0.4 is 10.0 Å². The molecular formula is C18H17ClF2IN3O3S. The minimum atomic E-state index is -4.01. The van der Waals surface area contributed by atoms with Gasteiger partial charge >= 0.3 is 10.2 Å². The van der Waals surface area contributed by atoms with Crippen molar-refractivity contribution in [1.29, 1.82) is 0 Å². The summed E-state index contributed by atoms with van der Waals surface area (Å²) in [6.07, 6.45) is 2.07. The average molecular weight is 556 g/mol. The van der Waals surface area contributed by atoms with Gasteiger partial charge in [-0.25, -0.2) is 8.78 Å². The molecule has 0 saturated carbocycles. The Bertz CT molecular complexity index is 1070. The summed E-state index contributed by atoms with van der Waals surface area (Å²) in [6.45, 7) is 0.304. The largest absolute Gasteiger partial charge is 0.501 e. The van der Waals surface area contributed by atoms with Gasteiger partial charge in [0.1, 0.15) is 5.69 Å².